The summed E-state index contributed by atoms with van der Waals surface area (Å²) >= 11 is 7.71. The molecule has 0 aliphatic rings. The Morgan fingerprint density at radius 1 is 1.41 bits per heavy atom. The van der Waals surface area contributed by atoms with Crippen molar-refractivity contribution < 1.29 is 0 Å². The quantitative estimate of drug-likeness (QED) is 0.910. The van der Waals surface area contributed by atoms with Crippen LogP contribution in [0.25, 0.3) is 10.6 Å². The zero-order valence-corrected chi connectivity index (χ0v) is 11.4. The molecule has 0 amide bonds. The van der Waals surface area contributed by atoms with Gasteiger partial charge in [-0.2, -0.15) is 0 Å². The molecule has 2 aromatic heterocycles. The molecule has 0 aliphatic heterocycles. The van der Waals surface area contributed by atoms with Gasteiger partial charge in [0.2, 0.25) is 0 Å². The highest BCUT2D eigenvalue weighted by molar-refractivity contribution is 7.14. The van der Waals surface area contributed by atoms with Crippen molar-refractivity contribution in [3.05, 3.63) is 28.4 Å². The Bertz CT molecular complexity index is 510. The standard InChI is InChI=1S/C12H14ClN3S/c1-3-5-14-11-7-10(15-8(2)16-11)12-9(13)4-6-17-12/h4,6-7H,3,5H2,1-2H3,(H,14,15,16). The Morgan fingerprint density at radius 2 is 2.24 bits per heavy atom. The van der Waals surface area contributed by atoms with Crippen LogP contribution in [0.4, 0.5) is 5.82 Å². The molecule has 90 valence electrons. The second kappa shape index (κ2) is 5.47. The Balaban J connectivity index is 2.35. The van der Waals surface area contributed by atoms with Crippen LogP contribution >= 0.6 is 22.9 Å². The third kappa shape index (κ3) is 2.96. The van der Waals surface area contributed by atoms with Gasteiger partial charge in [-0.05, 0) is 24.8 Å². The van der Waals surface area contributed by atoms with Crippen LogP contribution in [0.5, 0.6) is 0 Å². The fourth-order valence-corrected chi connectivity index (χ4v) is 2.62. The van der Waals surface area contributed by atoms with Gasteiger partial charge in [0.15, 0.2) is 0 Å². The van der Waals surface area contributed by atoms with Gasteiger partial charge in [-0.1, -0.05) is 18.5 Å². The summed E-state index contributed by atoms with van der Waals surface area (Å²) in [6, 6.07) is 3.83. The van der Waals surface area contributed by atoms with Gasteiger partial charge in [-0.25, -0.2) is 9.97 Å². The lowest BCUT2D eigenvalue weighted by atomic mass is 10.3. The minimum atomic E-state index is 0.745. The number of halogens is 1. The maximum atomic E-state index is 6.11. The van der Waals surface area contributed by atoms with Crippen LogP contribution in [0.1, 0.15) is 19.2 Å². The Morgan fingerprint density at radius 3 is 2.88 bits per heavy atom. The summed E-state index contributed by atoms with van der Waals surface area (Å²) in [6.45, 7) is 4.92. The normalized spacial score (nSPS) is 10.5. The molecule has 0 saturated carbocycles. The first-order valence-corrected chi connectivity index (χ1v) is 6.79. The summed E-state index contributed by atoms with van der Waals surface area (Å²) in [5, 5.41) is 5.98. The second-order valence-corrected chi connectivity index (χ2v) is 5.03. The number of thiophene rings is 1. The predicted octanol–water partition coefficient (Wildman–Crippen LogP) is 3.99. The summed E-state index contributed by atoms with van der Waals surface area (Å²) in [5.74, 6) is 1.62. The van der Waals surface area contributed by atoms with Crippen molar-refractivity contribution >= 4 is 28.8 Å². The summed E-state index contributed by atoms with van der Waals surface area (Å²) in [6.07, 6.45) is 1.07. The first-order valence-electron chi connectivity index (χ1n) is 5.53. The zero-order chi connectivity index (χ0) is 12.3. The van der Waals surface area contributed by atoms with E-state index in [1.165, 1.54) is 0 Å². The van der Waals surface area contributed by atoms with Crippen molar-refractivity contribution in [1.29, 1.82) is 0 Å². The maximum Gasteiger partial charge on any atom is 0.130 e. The third-order valence-corrected chi connectivity index (χ3v) is 3.61. The van der Waals surface area contributed by atoms with Crippen molar-refractivity contribution in [2.45, 2.75) is 20.3 Å². The highest BCUT2D eigenvalue weighted by Gasteiger charge is 2.09. The van der Waals surface area contributed by atoms with Crippen molar-refractivity contribution in [2.24, 2.45) is 0 Å². The number of nitrogens with one attached hydrogen (secondary N) is 1. The van der Waals surface area contributed by atoms with E-state index < -0.39 is 0 Å². The summed E-state index contributed by atoms with van der Waals surface area (Å²) in [7, 11) is 0. The number of rotatable bonds is 4. The minimum absolute atomic E-state index is 0.745. The van der Waals surface area contributed by atoms with Gasteiger partial charge in [0, 0.05) is 12.6 Å². The van der Waals surface area contributed by atoms with Gasteiger partial charge in [0.05, 0.1) is 15.6 Å². The molecule has 0 bridgehead atoms. The molecule has 0 radical (unpaired) electrons. The molecule has 0 atom stereocenters. The van der Waals surface area contributed by atoms with E-state index in [2.05, 4.69) is 22.2 Å². The first kappa shape index (κ1) is 12.3. The van der Waals surface area contributed by atoms with Gasteiger partial charge in [-0.15, -0.1) is 11.3 Å². The number of aromatic nitrogens is 2. The minimum Gasteiger partial charge on any atom is -0.370 e. The van der Waals surface area contributed by atoms with Crippen LogP contribution in [-0.2, 0) is 0 Å². The Labute approximate surface area is 110 Å². The van der Waals surface area contributed by atoms with Gasteiger partial charge < -0.3 is 5.32 Å². The number of hydrogen-bond donors (Lipinski definition) is 1. The number of anilines is 1. The summed E-state index contributed by atoms with van der Waals surface area (Å²) in [4.78, 5) is 9.77. The fourth-order valence-electron chi connectivity index (χ4n) is 1.50. The molecule has 0 spiro atoms. The monoisotopic (exact) mass is 267 g/mol. The predicted molar refractivity (Wildman–Crippen MR) is 73.9 cm³/mol. The average molecular weight is 268 g/mol. The SMILES string of the molecule is CCCNc1cc(-c2sccc2Cl)nc(C)n1. The van der Waals surface area contributed by atoms with Crippen LogP contribution in [0.2, 0.25) is 5.02 Å². The molecule has 1 N–H and O–H groups in total. The van der Waals surface area contributed by atoms with Crippen LogP contribution < -0.4 is 5.32 Å². The van der Waals surface area contributed by atoms with E-state index in [0.717, 1.165) is 40.2 Å². The van der Waals surface area contributed by atoms with Crippen molar-refractivity contribution in [1.82, 2.24) is 9.97 Å². The highest BCUT2D eigenvalue weighted by atomic mass is 35.5. The van der Waals surface area contributed by atoms with E-state index in [-0.39, 0.29) is 0 Å². The number of aryl methyl sites for hydroxylation is 1. The molecular weight excluding hydrogens is 254 g/mol. The van der Waals surface area contributed by atoms with Crippen LogP contribution in [-0.4, -0.2) is 16.5 Å². The number of hydrogen-bond acceptors (Lipinski definition) is 4. The van der Waals surface area contributed by atoms with E-state index in [4.69, 9.17) is 11.6 Å². The lowest BCUT2D eigenvalue weighted by Crippen LogP contribution is -2.04. The van der Waals surface area contributed by atoms with Gasteiger partial charge in [0.25, 0.3) is 0 Å². The molecule has 0 saturated heterocycles. The van der Waals surface area contributed by atoms with E-state index in [0.29, 0.717) is 0 Å². The summed E-state index contributed by atoms with van der Waals surface area (Å²) in [5.41, 5.74) is 0.885. The van der Waals surface area contributed by atoms with Crippen molar-refractivity contribution in [3.8, 4) is 10.6 Å². The Hall–Kier alpha value is -1.13. The smallest absolute Gasteiger partial charge is 0.130 e. The van der Waals surface area contributed by atoms with E-state index >= 15 is 0 Å². The van der Waals surface area contributed by atoms with E-state index in [1.54, 1.807) is 11.3 Å². The largest absolute Gasteiger partial charge is 0.370 e. The van der Waals surface area contributed by atoms with Crippen molar-refractivity contribution in [3.63, 3.8) is 0 Å². The molecule has 0 aliphatic carbocycles. The molecule has 2 heterocycles. The molecule has 0 aromatic carbocycles. The van der Waals surface area contributed by atoms with Crippen LogP contribution in [0.15, 0.2) is 17.5 Å². The molecule has 17 heavy (non-hydrogen) atoms. The van der Waals surface area contributed by atoms with Crippen molar-refractivity contribution in [2.75, 3.05) is 11.9 Å². The topological polar surface area (TPSA) is 37.8 Å². The van der Waals surface area contributed by atoms with Gasteiger partial charge >= 0.3 is 0 Å². The van der Waals surface area contributed by atoms with Gasteiger partial charge in [0.1, 0.15) is 11.6 Å². The lowest BCUT2D eigenvalue weighted by molar-refractivity contribution is 0.955. The highest BCUT2D eigenvalue weighted by Crippen LogP contribution is 2.32. The first-order chi connectivity index (χ1) is 8.20. The third-order valence-electron chi connectivity index (χ3n) is 2.24. The second-order valence-electron chi connectivity index (χ2n) is 3.71. The molecule has 0 fully saturated rings. The average Bonchev–Trinajstić information content (AvgIpc) is 2.72. The van der Waals surface area contributed by atoms with E-state index in [9.17, 15) is 0 Å². The number of nitrogens with zero attached hydrogens (tertiary/aromatic N) is 2. The fraction of sp³-hybridized carbons (Fsp3) is 0.333. The van der Waals surface area contributed by atoms with Crippen LogP contribution in [0, 0.1) is 6.92 Å². The Kier molecular flexibility index (Phi) is 3.97. The van der Waals surface area contributed by atoms with E-state index in [1.807, 2.05) is 24.4 Å². The molecule has 5 heteroatoms. The molecular formula is C12H14ClN3S. The maximum absolute atomic E-state index is 6.11. The molecule has 2 aromatic rings. The molecule has 2 rings (SSSR count). The van der Waals surface area contributed by atoms with Crippen LogP contribution in [0.3, 0.4) is 0 Å². The zero-order valence-electron chi connectivity index (χ0n) is 9.83. The summed E-state index contributed by atoms with van der Waals surface area (Å²) < 4.78 is 0. The molecule has 3 nitrogen and oxygen atoms in total. The lowest BCUT2D eigenvalue weighted by Gasteiger charge is -2.07. The van der Waals surface area contributed by atoms with Gasteiger partial charge in [-0.3, -0.25) is 0 Å². The molecule has 0 unspecified atom stereocenters.